The number of carbonyl (C=O) groups excluding carboxylic acids is 2. The number of ether oxygens (including phenoxy) is 1. The van der Waals surface area contributed by atoms with E-state index in [-0.39, 0.29) is 31.5 Å². The molecule has 80 heavy (non-hydrogen) atoms. The van der Waals surface area contributed by atoms with E-state index in [0.29, 0.717) is 23.9 Å². The number of carbonyl (C=O) groups is 2. The van der Waals surface area contributed by atoms with Crippen LogP contribution in [0.4, 0.5) is 0 Å². The number of nitrogens with zero attached hydrogens (tertiary/aromatic N) is 1. The molecule has 0 aromatic rings. The van der Waals surface area contributed by atoms with Crippen molar-refractivity contribution in [1.29, 1.82) is 0 Å². The average molecular weight is 1140 g/mol. The fraction of sp³-hybridized carbons (Fsp3) is 0.743. The third kappa shape index (κ3) is 59.5. The number of phosphoric ester groups is 1. The van der Waals surface area contributed by atoms with Gasteiger partial charge in [-0.05, 0) is 115 Å². The number of hydrogen-bond donors (Lipinski definition) is 2. The second kappa shape index (κ2) is 59.1. The highest BCUT2D eigenvalue weighted by Crippen LogP contribution is 2.43. The molecule has 0 spiro atoms. The predicted molar refractivity (Wildman–Crippen MR) is 346 cm³/mol. The van der Waals surface area contributed by atoms with Gasteiger partial charge in [0.1, 0.15) is 19.3 Å². The molecule has 0 aromatic carbocycles. The van der Waals surface area contributed by atoms with Gasteiger partial charge in [-0.15, -0.1) is 0 Å². The minimum atomic E-state index is -4.47. The molecule has 0 saturated carbocycles. The van der Waals surface area contributed by atoms with Crippen molar-refractivity contribution in [3.8, 4) is 0 Å². The molecule has 0 radical (unpaired) electrons. The highest BCUT2D eigenvalue weighted by Gasteiger charge is 2.30. The number of hydrogen-bond acceptors (Lipinski definition) is 6. The van der Waals surface area contributed by atoms with Crippen LogP contribution in [0.5, 0.6) is 0 Å². The molecular weight excluding hydrogens is 1010 g/mol. The van der Waals surface area contributed by atoms with Crippen LogP contribution in [0.15, 0.2) is 97.2 Å². The summed E-state index contributed by atoms with van der Waals surface area (Å²) in [6.45, 7) is 6.93. The van der Waals surface area contributed by atoms with Crippen molar-refractivity contribution < 1.29 is 37.3 Å². The Bertz CT molecular complexity index is 1690. The number of nitrogens with one attached hydrogen (secondary N) is 1. The van der Waals surface area contributed by atoms with Gasteiger partial charge in [-0.25, -0.2) is 4.57 Å². The van der Waals surface area contributed by atoms with Gasteiger partial charge < -0.3 is 19.4 Å². The molecule has 10 heteroatoms. The van der Waals surface area contributed by atoms with E-state index < -0.39 is 20.0 Å². The monoisotopic (exact) mass is 1140 g/mol. The zero-order valence-electron chi connectivity index (χ0n) is 52.8. The molecule has 3 atom stereocenters. The third-order valence-corrected chi connectivity index (χ3v) is 15.2. The highest BCUT2D eigenvalue weighted by atomic mass is 31.2. The summed E-state index contributed by atoms with van der Waals surface area (Å²) in [5.74, 6) is -0.546. The number of rotatable bonds is 59. The van der Waals surface area contributed by atoms with Gasteiger partial charge in [-0.3, -0.25) is 18.6 Å². The van der Waals surface area contributed by atoms with Crippen LogP contribution in [0.1, 0.15) is 284 Å². The molecule has 0 rings (SSSR count). The van der Waals surface area contributed by atoms with E-state index in [1.54, 1.807) is 0 Å². The lowest BCUT2D eigenvalue weighted by atomic mass is 10.0. The van der Waals surface area contributed by atoms with E-state index in [2.05, 4.69) is 111 Å². The second-order valence-corrected chi connectivity index (χ2v) is 24.7. The molecule has 0 bridgehead atoms. The third-order valence-electron chi connectivity index (χ3n) is 14.2. The lowest BCUT2D eigenvalue weighted by molar-refractivity contribution is -0.870. The van der Waals surface area contributed by atoms with E-state index in [9.17, 15) is 19.0 Å². The first-order valence-corrected chi connectivity index (χ1v) is 34.6. The van der Waals surface area contributed by atoms with Crippen LogP contribution in [-0.2, 0) is 27.9 Å². The number of esters is 1. The Morgan fingerprint density at radius 2 is 0.762 bits per heavy atom. The van der Waals surface area contributed by atoms with Gasteiger partial charge >= 0.3 is 13.8 Å². The van der Waals surface area contributed by atoms with Crippen LogP contribution >= 0.6 is 7.82 Å². The van der Waals surface area contributed by atoms with Crippen LogP contribution in [0.25, 0.3) is 0 Å². The topological polar surface area (TPSA) is 111 Å². The zero-order valence-corrected chi connectivity index (χ0v) is 53.7. The van der Waals surface area contributed by atoms with Crippen molar-refractivity contribution in [2.24, 2.45) is 0 Å². The van der Waals surface area contributed by atoms with Crippen molar-refractivity contribution in [2.45, 2.75) is 296 Å². The number of quaternary nitrogens is 1. The van der Waals surface area contributed by atoms with Crippen molar-refractivity contribution in [3.63, 3.8) is 0 Å². The summed E-state index contributed by atoms with van der Waals surface area (Å²) < 4.78 is 30.7. The van der Waals surface area contributed by atoms with Crippen LogP contribution in [-0.4, -0.2) is 74.3 Å². The van der Waals surface area contributed by atoms with Gasteiger partial charge in [0.05, 0.1) is 33.8 Å². The maximum absolute atomic E-state index is 13.6. The Morgan fingerprint density at radius 3 is 1.18 bits per heavy atom. The first-order valence-electron chi connectivity index (χ1n) is 33.1. The van der Waals surface area contributed by atoms with Gasteiger partial charge in [0.15, 0.2) is 0 Å². The van der Waals surface area contributed by atoms with Crippen LogP contribution in [0.3, 0.4) is 0 Å². The fourth-order valence-electron chi connectivity index (χ4n) is 9.11. The molecule has 462 valence electrons. The standard InChI is InChI=1S/C70H125N2O7P/c1-7-10-13-16-19-22-25-28-30-32-34-35-36-37-39-41-43-45-48-51-54-57-60-63-70(74)79-68(61-58-55-52-49-46-27-24-21-18-15-12-9-3)67(66-78-80(75,76)77-65-64-72(4,5)6)71-69(73)62-59-56-53-50-47-44-42-40-38-33-31-29-26-23-20-17-14-11-8-2/h19-20,22-23,28-31,34-35,38,40,44,47,58,61,67-68H,7-18,21,24-27,32-33,36-37,39,41-43,45-46,48-57,59-60,62-66H2,1-6H3,(H-,71,73,75,76)/p+1/b22-19-,23-20-,30-28-,31-29-,35-34-,40-38-,47-44-,61-58+. The van der Waals surface area contributed by atoms with E-state index in [1.165, 1.54) is 148 Å². The number of allylic oxidation sites excluding steroid dienone is 15. The molecular formula is C70H126N2O7P+. The molecule has 0 saturated heterocycles. The van der Waals surface area contributed by atoms with Gasteiger partial charge in [-0.1, -0.05) is 253 Å². The first-order chi connectivity index (χ1) is 38.9. The number of likely N-dealkylation sites (N-methyl/N-ethyl adjacent to an activating group) is 1. The van der Waals surface area contributed by atoms with E-state index >= 15 is 0 Å². The summed E-state index contributed by atoms with van der Waals surface area (Å²) in [6, 6.07) is -0.872. The van der Waals surface area contributed by atoms with Gasteiger partial charge in [0.25, 0.3) is 0 Å². The predicted octanol–water partition coefficient (Wildman–Crippen LogP) is 20.7. The zero-order chi connectivity index (χ0) is 58.6. The lowest BCUT2D eigenvalue weighted by Crippen LogP contribution is -2.47. The second-order valence-electron chi connectivity index (χ2n) is 23.3. The fourth-order valence-corrected chi connectivity index (χ4v) is 9.84. The van der Waals surface area contributed by atoms with Gasteiger partial charge in [0.2, 0.25) is 5.91 Å². The molecule has 0 aliphatic rings. The average Bonchev–Trinajstić information content (AvgIpc) is 3.42. The van der Waals surface area contributed by atoms with Crippen LogP contribution in [0, 0.1) is 0 Å². The van der Waals surface area contributed by atoms with Crippen molar-refractivity contribution >= 4 is 19.7 Å². The van der Waals surface area contributed by atoms with Crippen LogP contribution in [0.2, 0.25) is 0 Å². The largest absolute Gasteiger partial charge is 0.472 e. The first kappa shape index (κ1) is 76.9. The highest BCUT2D eigenvalue weighted by molar-refractivity contribution is 7.47. The Hall–Kier alpha value is -3.07. The molecule has 9 nitrogen and oxygen atoms in total. The summed E-state index contributed by atoms with van der Waals surface area (Å²) in [5, 5.41) is 3.04. The number of unbranched alkanes of at least 4 members (excludes halogenated alkanes) is 29. The maximum Gasteiger partial charge on any atom is 0.472 e. The normalized spacial score (nSPS) is 14.2. The SMILES string of the molecule is CCCCC/C=C\C/C=C\C/C=C\C/C=C\CCCCCC(=O)NC(COP(=O)(O)OCC[N+](C)(C)C)C(/C=C/CCCCCCCCCCCC)OC(=O)CCCCCCCCCCCC/C=C\C/C=C\C/C=C\CCCCC. The van der Waals surface area contributed by atoms with Crippen molar-refractivity contribution in [2.75, 3.05) is 40.9 Å². The van der Waals surface area contributed by atoms with E-state index in [0.717, 1.165) is 96.3 Å². The summed E-state index contributed by atoms with van der Waals surface area (Å²) in [7, 11) is 1.46. The van der Waals surface area contributed by atoms with Gasteiger partial charge in [0, 0.05) is 12.8 Å². The molecule has 3 unspecified atom stereocenters. The molecule has 0 aromatic heterocycles. The van der Waals surface area contributed by atoms with E-state index in [4.69, 9.17) is 13.8 Å². The van der Waals surface area contributed by atoms with E-state index in [1.807, 2.05) is 33.3 Å². The Balaban J connectivity index is 5.24. The minimum Gasteiger partial charge on any atom is -0.456 e. The lowest BCUT2D eigenvalue weighted by Gasteiger charge is -2.27. The molecule has 0 heterocycles. The Labute approximate surface area is 494 Å². The molecule has 0 aliphatic carbocycles. The summed E-state index contributed by atoms with van der Waals surface area (Å²) >= 11 is 0. The molecule has 2 N–H and O–H groups in total. The molecule has 0 fully saturated rings. The Kier molecular flexibility index (Phi) is 56.8. The summed E-state index contributed by atoms with van der Waals surface area (Å²) in [5.41, 5.74) is 0. The molecule has 1 amide bonds. The summed E-state index contributed by atoms with van der Waals surface area (Å²) in [4.78, 5) is 37.8. The quantitative estimate of drug-likeness (QED) is 0.0205. The van der Waals surface area contributed by atoms with Gasteiger partial charge in [-0.2, -0.15) is 0 Å². The van der Waals surface area contributed by atoms with Crippen LogP contribution < -0.4 is 5.32 Å². The minimum absolute atomic E-state index is 0.0291. The number of amides is 1. The molecule has 0 aliphatic heterocycles. The van der Waals surface area contributed by atoms with Crippen molar-refractivity contribution in [1.82, 2.24) is 5.32 Å². The summed E-state index contributed by atoms with van der Waals surface area (Å²) in [6.07, 6.45) is 79.8. The Morgan fingerprint density at radius 1 is 0.438 bits per heavy atom. The number of phosphoric acid groups is 1. The smallest absolute Gasteiger partial charge is 0.456 e. The van der Waals surface area contributed by atoms with Crippen molar-refractivity contribution in [3.05, 3.63) is 97.2 Å². The maximum atomic E-state index is 13.6.